The fraction of sp³-hybridized carbons (Fsp3) is 0.500. The molecule has 4 nitrogen and oxygen atoms in total. The third kappa shape index (κ3) is 3.17. The lowest BCUT2D eigenvalue weighted by Gasteiger charge is -2.32. The number of carboxylic acid groups (broad SMARTS) is 1. The molecule has 0 amide bonds. The number of halogens is 1. The molecule has 0 spiro atoms. The van der Waals surface area contributed by atoms with Gasteiger partial charge in [-0.05, 0) is 31.0 Å². The van der Waals surface area contributed by atoms with E-state index >= 15 is 0 Å². The normalized spacial score (nSPS) is 21.4. The molecule has 0 radical (unpaired) electrons. The van der Waals surface area contributed by atoms with Crippen molar-refractivity contribution in [3.05, 3.63) is 29.0 Å². The summed E-state index contributed by atoms with van der Waals surface area (Å²) in [6, 6.07) is 3.26. The first kappa shape index (κ1) is 12.3. The van der Waals surface area contributed by atoms with Gasteiger partial charge in [0.15, 0.2) is 0 Å². The van der Waals surface area contributed by atoms with E-state index in [1.807, 2.05) is 11.0 Å². The third-order valence-electron chi connectivity index (χ3n) is 3.07. The van der Waals surface area contributed by atoms with Crippen LogP contribution in [0.3, 0.4) is 0 Å². The van der Waals surface area contributed by atoms with Crippen LogP contribution in [0.15, 0.2) is 18.3 Å². The van der Waals surface area contributed by atoms with Crippen LogP contribution in [0.1, 0.15) is 24.8 Å². The minimum Gasteiger partial charge on any atom is -0.480 e. The number of aliphatic carboxylic acids is 1. The van der Waals surface area contributed by atoms with E-state index in [0.717, 1.165) is 31.4 Å². The van der Waals surface area contributed by atoms with Gasteiger partial charge in [0.05, 0.1) is 0 Å². The summed E-state index contributed by atoms with van der Waals surface area (Å²) in [7, 11) is 0. The van der Waals surface area contributed by atoms with Gasteiger partial charge in [-0.2, -0.15) is 0 Å². The highest BCUT2D eigenvalue weighted by atomic mass is 35.5. The van der Waals surface area contributed by atoms with Crippen molar-refractivity contribution in [2.24, 2.45) is 0 Å². The predicted octanol–water partition coefficient (Wildman–Crippen LogP) is 2.17. The number of hydrogen-bond donors (Lipinski definition) is 1. The Hall–Kier alpha value is -1.13. The fourth-order valence-corrected chi connectivity index (χ4v) is 2.31. The Morgan fingerprint density at radius 2 is 2.35 bits per heavy atom. The molecule has 5 heteroatoms. The second-order valence-corrected chi connectivity index (χ2v) is 4.70. The first-order chi connectivity index (χ1) is 8.16. The monoisotopic (exact) mass is 254 g/mol. The van der Waals surface area contributed by atoms with E-state index in [-0.39, 0.29) is 6.04 Å². The molecule has 17 heavy (non-hydrogen) atoms. The molecule has 1 aromatic rings. The maximum absolute atomic E-state index is 11.1. The molecular weight excluding hydrogens is 240 g/mol. The minimum absolute atomic E-state index is 0.362. The molecule has 1 aliphatic rings. The lowest BCUT2D eigenvalue weighted by molar-refractivity contribution is -0.144. The number of carbonyl (C=O) groups is 1. The molecule has 1 saturated heterocycles. The van der Waals surface area contributed by atoms with Crippen LogP contribution >= 0.6 is 11.6 Å². The number of carboxylic acids is 1. The molecule has 1 atom stereocenters. The minimum atomic E-state index is -0.730. The Kier molecular flexibility index (Phi) is 3.97. The highest BCUT2D eigenvalue weighted by molar-refractivity contribution is 6.29. The van der Waals surface area contributed by atoms with E-state index in [9.17, 15) is 4.79 Å². The number of hydrogen-bond acceptors (Lipinski definition) is 3. The smallest absolute Gasteiger partial charge is 0.320 e. The molecule has 1 aliphatic heterocycles. The summed E-state index contributed by atoms with van der Waals surface area (Å²) in [6.07, 6.45) is 4.49. The van der Waals surface area contributed by atoms with Gasteiger partial charge < -0.3 is 5.11 Å². The second-order valence-electron chi connectivity index (χ2n) is 4.31. The predicted molar refractivity (Wildman–Crippen MR) is 64.9 cm³/mol. The summed E-state index contributed by atoms with van der Waals surface area (Å²) in [4.78, 5) is 17.1. The van der Waals surface area contributed by atoms with E-state index in [4.69, 9.17) is 16.7 Å². The van der Waals surface area contributed by atoms with Gasteiger partial charge in [0.1, 0.15) is 11.2 Å². The number of piperidine rings is 1. The van der Waals surface area contributed by atoms with Crippen molar-refractivity contribution in [3.63, 3.8) is 0 Å². The van der Waals surface area contributed by atoms with Crippen molar-refractivity contribution in [2.75, 3.05) is 6.54 Å². The summed E-state index contributed by atoms with van der Waals surface area (Å²) in [5.74, 6) is -0.730. The fourth-order valence-electron chi connectivity index (χ4n) is 2.19. The van der Waals surface area contributed by atoms with E-state index in [1.54, 1.807) is 12.3 Å². The topological polar surface area (TPSA) is 53.4 Å². The molecular formula is C12H15ClN2O2. The van der Waals surface area contributed by atoms with Gasteiger partial charge in [0.2, 0.25) is 0 Å². The van der Waals surface area contributed by atoms with Crippen molar-refractivity contribution in [1.82, 2.24) is 9.88 Å². The third-order valence-corrected chi connectivity index (χ3v) is 3.30. The number of rotatable bonds is 3. The van der Waals surface area contributed by atoms with E-state index in [0.29, 0.717) is 11.7 Å². The summed E-state index contributed by atoms with van der Waals surface area (Å²) < 4.78 is 0. The summed E-state index contributed by atoms with van der Waals surface area (Å²) in [6.45, 7) is 1.46. The van der Waals surface area contributed by atoms with Crippen LogP contribution in [-0.4, -0.2) is 33.5 Å². The Labute approximate surface area is 105 Å². The molecule has 0 aromatic carbocycles. The number of pyridine rings is 1. The van der Waals surface area contributed by atoms with Crippen molar-refractivity contribution >= 4 is 17.6 Å². The maximum Gasteiger partial charge on any atom is 0.320 e. The van der Waals surface area contributed by atoms with Crippen LogP contribution in [0.5, 0.6) is 0 Å². The largest absolute Gasteiger partial charge is 0.480 e. The van der Waals surface area contributed by atoms with Gasteiger partial charge in [-0.15, -0.1) is 0 Å². The average molecular weight is 255 g/mol. The molecule has 2 heterocycles. The first-order valence-corrected chi connectivity index (χ1v) is 6.12. The van der Waals surface area contributed by atoms with Gasteiger partial charge >= 0.3 is 5.97 Å². The Morgan fingerprint density at radius 1 is 1.53 bits per heavy atom. The van der Waals surface area contributed by atoms with Crippen molar-refractivity contribution in [1.29, 1.82) is 0 Å². The average Bonchev–Trinajstić information content (AvgIpc) is 2.32. The standard InChI is InChI=1S/C12H15ClN2O2/c13-11-5-4-9(7-14-11)8-15-6-2-1-3-10(15)12(16)17/h4-5,7,10H,1-3,6,8H2,(H,16,17)/t10-/m0/s1. The molecule has 0 bridgehead atoms. The van der Waals surface area contributed by atoms with Crippen molar-refractivity contribution in [2.45, 2.75) is 31.8 Å². The van der Waals surface area contributed by atoms with E-state index in [1.165, 1.54) is 0 Å². The molecule has 1 N–H and O–H groups in total. The first-order valence-electron chi connectivity index (χ1n) is 5.74. The summed E-state index contributed by atoms with van der Waals surface area (Å²) >= 11 is 5.71. The molecule has 0 saturated carbocycles. The van der Waals surface area contributed by atoms with Gasteiger partial charge in [-0.25, -0.2) is 4.98 Å². The molecule has 1 fully saturated rings. The van der Waals surface area contributed by atoms with Crippen LogP contribution in [0.4, 0.5) is 0 Å². The Balaban J connectivity index is 2.05. The Bertz CT molecular complexity index is 394. The zero-order valence-corrected chi connectivity index (χ0v) is 10.2. The lowest BCUT2D eigenvalue weighted by atomic mass is 10.0. The molecule has 0 unspecified atom stereocenters. The molecule has 0 aliphatic carbocycles. The zero-order chi connectivity index (χ0) is 12.3. The summed E-state index contributed by atoms with van der Waals surface area (Å²) in [5, 5.41) is 9.61. The SMILES string of the molecule is O=C(O)[C@@H]1CCCCN1Cc1ccc(Cl)nc1. The van der Waals surface area contributed by atoms with Crippen LogP contribution in [0.2, 0.25) is 5.15 Å². The van der Waals surface area contributed by atoms with Gasteiger partial charge in [-0.1, -0.05) is 24.1 Å². The van der Waals surface area contributed by atoms with Crippen molar-refractivity contribution in [3.8, 4) is 0 Å². The van der Waals surface area contributed by atoms with Gasteiger partial charge in [-0.3, -0.25) is 9.69 Å². The van der Waals surface area contributed by atoms with Crippen LogP contribution < -0.4 is 0 Å². The van der Waals surface area contributed by atoms with Crippen LogP contribution in [-0.2, 0) is 11.3 Å². The van der Waals surface area contributed by atoms with Gasteiger partial charge in [0, 0.05) is 12.7 Å². The van der Waals surface area contributed by atoms with Gasteiger partial charge in [0.25, 0.3) is 0 Å². The zero-order valence-electron chi connectivity index (χ0n) is 9.47. The number of likely N-dealkylation sites (tertiary alicyclic amines) is 1. The number of nitrogens with zero attached hydrogens (tertiary/aromatic N) is 2. The van der Waals surface area contributed by atoms with E-state index in [2.05, 4.69) is 4.98 Å². The molecule has 1 aromatic heterocycles. The van der Waals surface area contributed by atoms with E-state index < -0.39 is 5.97 Å². The number of aromatic nitrogens is 1. The quantitative estimate of drug-likeness (QED) is 0.840. The van der Waals surface area contributed by atoms with Crippen LogP contribution in [0.25, 0.3) is 0 Å². The summed E-state index contributed by atoms with van der Waals surface area (Å²) in [5.41, 5.74) is 1.00. The highest BCUT2D eigenvalue weighted by Gasteiger charge is 2.28. The highest BCUT2D eigenvalue weighted by Crippen LogP contribution is 2.20. The molecule has 2 rings (SSSR count). The maximum atomic E-state index is 11.1. The lowest BCUT2D eigenvalue weighted by Crippen LogP contribution is -2.44. The molecule has 92 valence electrons. The second kappa shape index (κ2) is 5.47. The van der Waals surface area contributed by atoms with Crippen LogP contribution in [0, 0.1) is 0 Å². The van der Waals surface area contributed by atoms with Crippen molar-refractivity contribution < 1.29 is 9.90 Å². The Morgan fingerprint density at radius 3 is 3.00 bits per heavy atom.